The molecule has 0 aromatic heterocycles. The standard InChI is InChI=1S/C16H27FN2/c1-5-11-18-12-14-15(17)9-8-10-16(14)19(7-3)13(4)6-2/h8-10,13,18H,5-7,11-12H2,1-4H3. The molecule has 0 fully saturated rings. The summed E-state index contributed by atoms with van der Waals surface area (Å²) >= 11 is 0. The van der Waals surface area contributed by atoms with Crippen LogP contribution in [0.5, 0.6) is 0 Å². The number of benzene rings is 1. The van der Waals surface area contributed by atoms with Crippen molar-refractivity contribution in [1.82, 2.24) is 5.32 Å². The van der Waals surface area contributed by atoms with Gasteiger partial charge in [-0.2, -0.15) is 0 Å². The van der Waals surface area contributed by atoms with Crippen molar-refractivity contribution >= 4 is 5.69 Å². The summed E-state index contributed by atoms with van der Waals surface area (Å²) in [5.74, 6) is -0.108. The van der Waals surface area contributed by atoms with Gasteiger partial charge in [-0.3, -0.25) is 0 Å². The minimum atomic E-state index is -0.108. The summed E-state index contributed by atoms with van der Waals surface area (Å²) in [6.07, 6.45) is 2.12. The number of nitrogens with zero attached hydrogens (tertiary/aromatic N) is 1. The quantitative estimate of drug-likeness (QED) is 0.717. The lowest BCUT2D eigenvalue weighted by molar-refractivity contribution is 0.575. The Morgan fingerprint density at radius 2 is 2.00 bits per heavy atom. The maximum absolute atomic E-state index is 14.1. The van der Waals surface area contributed by atoms with E-state index in [4.69, 9.17) is 0 Å². The average Bonchev–Trinajstić information content (AvgIpc) is 2.42. The Labute approximate surface area is 117 Å². The van der Waals surface area contributed by atoms with Crippen molar-refractivity contribution in [1.29, 1.82) is 0 Å². The van der Waals surface area contributed by atoms with Crippen LogP contribution in [0, 0.1) is 5.82 Å². The Hall–Kier alpha value is -1.09. The first-order valence-corrected chi connectivity index (χ1v) is 7.40. The number of anilines is 1. The van der Waals surface area contributed by atoms with Crippen molar-refractivity contribution in [2.45, 2.75) is 53.1 Å². The molecule has 0 aliphatic rings. The normalized spacial score (nSPS) is 12.5. The highest BCUT2D eigenvalue weighted by atomic mass is 19.1. The van der Waals surface area contributed by atoms with Gasteiger partial charge in [-0.1, -0.05) is 19.9 Å². The molecular weight excluding hydrogens is 239 g/mol. The lowest BCUT2D eigenvalue weighted by atomic mass is 10.1. The van der Waals surface area contributed by atoms with Crippen LogP contribution in [-0.2, 0) is 6.54 Å². The summed E-state index contributed by atoms with van der Waals surface area (Å²) in [6.45, 7) is 11.0. The number of hydrogen-bond acceptors (Lipinski definition) is 2. The van der Waals surface area contributed by atoms with Crippen LogP contribution in [0.15, 0.2) is 18.2 Å². The zero-order chi connectivity index (χ0) is 14.3. The highest BCUT2D eigenvalue weighted by Gasteiger charge is 2.16. The van der Waals surface area contributed by atoms with E-state index in [9.17, 15) is 4.39 Å². The zero-order valence-corrected chi connectivity index (χ0v) is 12.7. The molecule has 0 bridgehead atoms. The first-order chi connectivity index (χ1) is 9.15. The molecule has 0 radical (unpaired) electrons. The highest BCUT2D eigenvalue weighted by molar-refractivity contribution is 5.55. The SMILES string of the molecule is CCCNCc1c(F)cccc1N(CC)C(C)CC. The van der Waals surface area contributed by atoms with E-state index < -0.39 is 0 Å². The molecule has 0 aliphatic carbocycles. The molecule has 2 nitrogen and oxygen atoms in total. The number of nitrogens with one attached hydrogen (secondary N) is 1. The molecule has 1 aromatic carbocycles. The van der Waals surface area contributed by atoms with E-state index in [2.05, 4.69) is 37.9 Å². The van der Waals surface area contributed by atoms with E-state index in [1.807, 2.05) is 6.07 Å². The van der Waals surface area contributed by atoms with Gasteiger partial charge in [-0.15, -0.1) is 0 Å². The van der Waals surface area contributed by atoms with E-state index in [0.29, 0.717) is 12.6 Å². The average molecular weight is 266 g/mol. The van der Waals surface area contributed by atoms with Crippen LogP contribution < -0.4 is 10.2 Å². The Kier molecular flexibility index (Phi) is 6.85. The van der Waals surface area contributed by atoms with Crippen LogP contribution in [0.4, 0.5) is 10.1 Å². The Morgan fingerprint density at radius 1 is 1.26 bits per heavy atom. The molecule has 0 amide bonds. The predicted octanol–water partition coefficient (Wildman–Crippen LogP) is 3.95. The minimum absolute atomic E-state index is 0.108. The Balaban J connectivity index is 3.00. The van der Waals surface area contributed by atoms with Gasteiger partial charge in [0.1, 0.15) is 5.82 Å². The molecule has 1 aromatic rings. The molecule has 0 heterocycles. The second-order valence-corrected chi connectivity index (χ2v) is 4.96. The minimum Gasteiger partial charge on any atom is -0.369 e. The fraction of sp³-hybridized carbons (Fsp3) is 0.625. The molecule has 1 rings (SSSR count). The predicted molar refractivity (Wildman–Crippen MR) is 81.2 cm³/mol. The van der Waals surface area contributed by atoms with E-state index in [1.165, 1.54) is 0 Å². The molecule has 0 aliphatic heterocycles. The summed E-state index contributed by atoms with van der Waals surface area (Å²) < 4.78 is 14.1. The summed E-state index contributed by atoms with van der Waals surface area (Å²) in [4.78, 5) is 2.28. The fourth-order valence-electron chi connectivity index (χ4n) is 2.32. The number of rotatable bonds is 8. The molecule has 1 N–H and O–H groups in total. The van der Waals surface area contributed by atoms with Crippen molar-refractivity contribution in [3.05, 3.63) is 29.6 Å². The van der Waals surface area contributed by atoms with Gasteiger partial charge < -0.3 is 10.2 Å². The van der Waals surface area contributed by atoms with Crippen molar-refractivity contribution < 1.29 is 4.39 Å². The monoisotopic (exact) mass is 266 g/mol. The third kappa shape index (κ3) is 4.20. The molecule has 0 saturated heterocycles. The summed E-state index contributed by atoms with van der Waals surface area (Å²) in [5.41, 5.74) is 1.82. The van der Waals surface area contributed by atoms with Gasteiger partial charge in [-0.25, -0.2) is 4.39 Å². The molecule has 0 spiro atoms. The van der Waals surface area contributed by atoms with Crippen LogP contribution in [0.1, 0.15) is 46.1 Å². The Morgan fingerprint density at radius 3 is 2.58 bits per heavy atom. The smallest absolute Gasteiger partial charge is 0.129 e. The van der Waals surface area contributed by atoms with Gasteiger partial charge >= 0.3 is 0 Å². The first-order valence-electron chi connectivity index (χ1n) is 7.40. The fourth-order valence-corrected chi connectivity index (χ4v) is 2.32. The molecule has 0 saturated carbocycles. The van der Waals surface area contributed by atoms with E-state index in [0.717, 1.165) is 37.2 Å². The third-order valence-electron chi connectivity index (χ3n) is 3.60. The van der Waals surface area contributed by atoms with E-state index in [1.54, 1.807) is 12.1 Å². The maximum atomic E-state index is 14.1. The van der Waals surface area contributed by atoms with Gasteiger partial charge in [0.25, 0.3) is 0 Å². The van der Waals surface area contributed by atoms with Gasteiger partial charge in [0.15, 0.2) is 0 Å². The molecule has 19 heavy (non-hydrogen) atoms. The zero-order valence-electron chi connectivity index (χ0n) is 12.7. The van der Waals surface area contributed by atoms with Gasteiger partial charge in [-0.05, 0) is 45.4 Å². The highest BCUT2D eigenvalue weighted by Crippen LogP contribution is 2.25. The third-order valence-corrected chi connectivity index (χ3v) is 3.60. The van der Waals surface area contributed by atoms with Gasteiger partial charge in [0.2, 0.25) is 0 Å². The van der Waals surface area contributed by atoms with Crippen molar-refractivity contribution in [2.75, 3.05) is 18.0 Å². The maximum Gasteiger partial charge on any atom is 0.129 e. The molecular formula is C16H27FN2. The second kappa shape index (κ2) is 8.16. The second-order valence-electron chi connectivity index (χ2n) is 4.96. The molecule has 3 heteroatoms. The van der Waals surface area contributed by atoms with Crippen molar-refractivity contribution in [3.8, 4) is 0 Å². The topological polar surface area (TPSA) is 15.3 Å². The van der Waals surface area contributed by atoms with Crippen LogP contribution in [0.25, 0.3) is 0 Å². The summed E-state index contributed by atoms with van der Waals surface area (Å²) in [5, 5.41) is 3.30. The van der Waals surface area contributed by atoms with E-state index >= 15 is 0 Å². The van der Waals surface area contributed by atoms with Crippen molar-refractivity contribution in [3.63, 3.8) is 0 Å². The lowest BCUT2D eigenvalue weighted by Crippen LogP contribution is -2.33. The van der Waals surface area contributed by atoms with E-state index in [-0.39, 0.29) is 5.82 Å². The first kappa shape index (κ1) is 16.0. The van der Waals surface area contributed by atoms with Crippen LogP contribution in [0.2, 0.25) is 0 Å². The number of halogens is 1. The summed E-state index contributed by atoms with van der Waals surface area (Å²) in [6, 6.07) is 5.81. The van der Waals surface area contributed by atoms with Gasteiger partial charge in [0.05, 0.1) is 0 Å². The largest absolute Gasteiger partial charge is 0.369 e. The van der Waals surface area contributed by atoms with Crippen LogP contribution >= 0.6 is 0 Å². The van der Waals surface area contributed by atoms with Crippen molar-refractivity contribution in [2.24, 2.45) is 0 Å². The Bertz CT molecular complexity index is 379. The number of hydrogen-bond donors (Lipinski definition) is 1. The van der Waals surface area contributed by atoms with Crippen LogP contribution in [0.3, 0.4) is 0 Å². The molecule has 1 atom stereocenters. The van der Waals surface area contributed by atoms with Crippen LogP contribution in [-0.4, -0.2) is 19.1 Å². The van der Waals surface area contributed by atoms with Gasteiger partial charge in [0, 0.05) is 30.4 Å². The summed E-state index contributed by atoms with van der Waals surface area (Å²) in [7, 11) is 0. The molecule has 108 valence electrons. The molecule has 1 unspecified atom stereocenters. The lowest BCUT2D eigenvalue weighted by Gasteiger charge is -2.31.